The summed E-state index contributed by atoms with van der Waals surface area (Å²) in [6.07, 6.45) is 1.10. The van der Waals surface area contributed by atoms with Crippen LogP contribution in [0.15, 0.2) is 24.3 Å². The van der Waals surface area contributed by atoms with Gasteiger partial charge in [-0.2, -0.15) is 0 Å². The Hall–Kier alpha value is -0.580. The third-order valence-corrected chi connectivity index (χ3v) is 4.17. The molecule has 2 rings (SSSR count). The lowest BCUT2D eigenvalue weighted by Gasteiger charge is -2.04. The van der Waals surface area contributed by atoms with Crippen LogP contribution in [-0.4, -0.2) is 5.91 Å². The molecule has 1 aliphatic rings. The first-order valence-corrected chi connectivity index (χ1v) is 6.77. The molecule has 1 N–H and O–H groups in total. The van der Waals surface area contributed by atoms with Gasteiger partial charge in [-0.05, 0) is 58.7 Å². The number of carbonyl (C=O) groups excluding carboxylic acids is 1. The third kappa shape index (κ3) is 2.39. The molecule has 1 amide bonds. The molecule has 0 unspecified atom stereocenters. The molecule has 0 bridgehead atoms. The molecule has 0 aromatic heterocycles. The zero-order chi connectivity index (χ0) is 11.7. The molecular formula is C13H16INO. The third-order valence-electron chi connectivity index (χ3n) is 3.45. The number of rotatable bonds is 3. The number of nitrogens with one attached hydrogen (secondary N) is 1. The number of amides is 1. The minimum absolute atomic E-state index is 0.181. The standard InChI is InChI=1S/C13H16INO/c1-3-11-8(2)12(11)13(16)15-10-6-4-9(14)5-7-10/h4-8,11-12H,3H2,1-2H3,(H,15,16)/t8-,11-,12+/m1/s1. The average Bonchev–Trinajstić information content (AvgIpc) is 2.92. The van der Waals surface area contributed by atoms with E-state index in [2.05, 4.69) is 41.8 Å². The zero-order valence-electron chi connectivity index (χ0n) is 9.53. The van der Waals surface area contributed by atoms with Gasteiger partial charge in [-0.25, -0.2) is 0 Å². The molecule has 0 heterocycles. The number of hydrogen-bond acceptors (Lipinski definition) is 1. The van der Waals surface area contributed by atoms with Crippen LogP contribution < -0.4 is 5.32 Å². The number of anilines is 1. The van der Waals surface area contributed by atoms with Crippen molar-refractivity contribution in [3.05, 3.63) is 27.8 Å². The Balaban J connectivity index is 1.96. The largest absolute Gasteiger partial charge is 0.326 e. The van der Waals surface area contributed by atoms with Gasteiger partial charge in [0.1, 0.15) is 0 Å². The predicted molar refractivity (Wildman–Crippen MR) is 74.2 cm³/mol. The van der Waals surface area contributed by atoms with Crippen molar-refractivity contribution in [1.29, 1.82) is 0 Å². The highest BCUT2D eigenvalue weighted by Gasteiger charge is 2.49. The number of hydrogen-bond donors (Lipinski definition) is 1. The zero-order valence-corrected chi connectivity index (χ0v) is 11.7. The summed E-state index contributed by atoms with van der Waals surface area (Å²) in [5.41, 5.74) is 0.902. The van der Waals surface area contributed by atoms with Crippen LogP contribution in [-0.2, 0) is 4.79 Å². The van der Waals surface area contributed by atoms with Gasteiger partial charge in [0.2, 0.25) is 5.91 Å². The van der Waals surface area contributed by atoms with Crippen LogP contribution in [0.3, 0.4) is 0 Å². The highest BCUT2D eigenvalue weighted by molar-refractivity contribution is 14.1. The molecule has 1 aromatic carbocycles. The second-order valence-electron chi connectivity index (χ2n) is 4.45. The van der Waals surface area contributed by atoms with Crippen LogP contribution in [0.25, 0.3) is 0 Å². The Morgan fingerprint density at radius 1 is 1.38 bits per heavy atom. The molecule has 1 aliphatic carbocycles. The van der Waals surface area contributed by atoms with E-state index in [1.165, 1.54) is 3.57 Å². The second kappa shape index (κ2) is 4.73. The van der Waals surface area contributed by atoms with E-state index in [9.17, 15) is 4.79 Å². The number of halogens is 1. The van der Waals surface area contributed by atoms with Gasteiger partial charge in [0.25, 0.3) is 0 Å². The van der Waals surface area contributed by atoms with E-state index in [-0.39, 0.29) is 11.8 Å². The van der Waals surface area contributed by atoms with Crippen LogP contribution in [0.2, 0.25) is 0 Å². The number of carbonyl (C=O) groups is 1. The summed E-state index contributed by atoms with van der Waals surface area (Å²) < 4.78 is 1.18. The Morgan fingerprint density at radius 3 is 2.50 bits per heavy atom. The fraction of sp³-hybridized carbons (Fsp3) is 0.462. The monoisotopic (exact) mass is 329 g/mol. The maximum absolute atomic E-state index is 11.9. The molecule has 3 atom stereocenters. The van der Waals surface area contributed by atoms with E-state index in [1.54, 1.807) is 0 Å². The maximum atomic E-state index is 11.9. The molecule has 0 spiro atoms. The SMILES string of the molecule is CC[C@@H]1[C@@H](C)[C@@H]1C(=O)Nc1ccc(I)cc1. The van der Waals surface area contributed by atoms with Crippen LogP contribution in [0.4, 0.5) is 5.69 Å². The smallest absolute Gasteiger partial charge is 0.228 e. The van der Waals surface area contributed by atoms with Crippen molar-refractivity contribution in [2.75, 3.05) is 5.32 Å². The van der Waals surface area contributed by atoms with Gasteiger partial charge in [0, 0.05) is 15.2 Å². The van der Waals surface area contributed by atoms with Gasteiger partial charge in [-0.15, -0.1) is 0 Å². The van der Waals surface area contributed by atoms with Gasteiger partial charge in [-0.1, -0.05) is 20.3 Å². The van der Waals surface area contributed by atoms with Crippen LogP contribution in [0, 0.1) is 21.3 Å². The molecule has 1 fully saturated rings. The van der Waals surface area contributed by atoms with E-state index in [0.717, 1.165) is 12.1 Å². The predicted octanol–water partition coefficient (Wildman–Crippen LogP) is 3.52. The van der Waals surface area contributed by atoms with Crippen LogP contribution in [0.1, 0.15) is 20.3 Å². The van der Waals surface area contributed by atoms with Crippen LogP contribution >= 0.6 is 22.6 Å². The van der Waals surface area contributed by atoms with Crippen molar-refractivity contribution < 1.29 is 4.79 Å². The molecular weight excluding hydrogens is 313 g/mol. The van der Waals surface area contributed by atoms with Gasteiger partial charge < -0.3 is 5.32 Å². The van der Waals surface area contributed by atoms with Crippen molar-refractivity contribution in [3.63, 3.8) is 0 Å². The lowest BCUT2D eigenvalue weighted by molar-refractivity contribution is -0.117. The van der Waals surface area contributed by atoms with E-state index in [4.69, 9.17) is 0 Å². The van der Waals surface area contributed by atoms with E-state index < -0.39 is 0 Å². The fourth-order valence-electron chi connectivity index (χ4n) is 2.36. The first-order chi connectivity index (χ1) is 7.63. The lowest BCUT2D eigenvalue weighted by atomic mass is 10.2. The van der Waals surface area contributed by atoms with Gasteiger partial charge in [0.05, 0.1) is 0 Å². The second-order valence-corrected chi connectivity index (χ2v) is 5.70. The minimum Gasteiger partial charge on any atom is -0.326 e. The normalized spacial score (nSPS) is 27.6. The maximum Gasteiger partial charge on any atom is 0.228 e. The molecule has 0 saturated heterocycles. The summed E-state index contributed by atoms with van der Waals surface area (Å²) in [5, 5.41) is 2.98. The molecule has 1 aromatic rings. The molecule has 0 radical (unpaired) electrons. The van der Waals surface area contributed by atoms with Crippen molar-refractivity contribution in [2.24, 2.45) is 17.8 Å². The van der Waals surface area contributed by atoms with Gasteiger partial charge >= 0.3 is 0 Å². The molecule has 1 saturated carbocycles. The summed E-state index contributed by atoms with van der Waals surface area (Å²) in [7, 11) is 0. The Kier molecular flexibility index (Phi) is 3.52. The van der Waals surface area contributed by atoms with E-state index >= 15 is 0 Å². The summed E-state index contributed by atoms with van der Waals surface area (Å²) in [4.78, 5) is 11.9. The molecule has 86 valence electrons. The van der Waals surface area contributed by atoms with Crippen molar-refractivity contribution in [1.82, 2.24) is 0 Å². The molecule has 3 heteroatoms. The van der Waals surface area contributed by atoms with E-state index in [1.807, 2.05) is 24.3 Å². The molecule has 2 nitrogen and oxygen atoms in total. The summed E-state index contributed by atoms with van der Waals surface area (Å²) in [5.74, 6) is 1.54. The summed E-state index contributed by atoms with van der Waals surface area (Å²) >= 11 is 2.26. The first kappa shape index (κ1) is 11.9. The Morgan fingerprint density at radius 2 is 2.00 bits per heavy atom. The average molecular weight is 329 g/mol. The lowest BCUT2D eigenvalue weighted by Crippen LogP contribution is -2.15. The Bertz CT molecular complexity index is 387. The van der Waals surface area contributed by atoms with Gasteiger partial charge in [-0.3, -0.25) is 4.79 Å². The van der Waals surface area contributed by atoms with Gasteiger partial charge in [0.15, 0.2) is 0 Å². The van der Waals surface area contributed by atoms with Crippen molar-refractivity contribution >= 4 is 34.2 Å². The van der Waals surface area contributed by atoms with Crippen LogP contribution in [0.5, 0.6) is 0 Å². The van der Waals surface area contributed by atoms with Crippen molar-refractivity contribution in [3.8, 4) is 0 Å². The van der Waals surface area contributed by atoms with E-state index in [0.29, 0.717) is 11.8 Å². The quantitative estimate of drug-likeness (QED) is 0.845. The first-order valence-electron chi connectivity index (χ1n) is 5.70. The highest BCUT2D eigenvalue weighted by Crippen LogP contribution is 2.48. The summed E-state index contributed by atoms with van der Waals surface area (Å²) in [6, 6.07) is 7.91. The molecule has 0 aliphatic heterocycles. The van der Waals surface area contributed by atoms with Crippen molar-refractivity contribution in [2.45, 2.75) is 20.3 Å². The molecule has 16 heavy (non-hydrogen) atoms. The highest BCUT2D eigenvalue weighted by atomic mass is 127. The fourth-order valence-corrected chi connectivity index (χ4v) is 2.72. The topological polar surface area (TPSA) is 29.1 Å². The number of benzene rings is 1. The Labute approximate surface area is 110 Å². The summed E-state index contributed by atoms with van der Waals surface area (Å²) in [6.45, 7) is 4.31. The minimum atomic E-state index is 0.181.